The number of rotatable bonds is 4. The van der Waals surface area contributed by atoms with Crippen molar-refractivity contribution in [2.75, 3.05) is 35.9 Å². The number of hydrogen-bond acceptors (Lipinski definition) is 4. The first-order chi connectivity index (χ1) is 11.5. The van der Waals surface area contributed by atoms with Gasteiger partial charge in [-0.3, -0.25) is 4.72 Å². The number of ether oxygens (including phenoxy) is 1. The van der Waals surface area contributed by atoms with Gasteiger partial charge in [-0.05, 0) is 37.3 Å². The van der Waals surface area contributed by atoms with Crippen molar-refractivity contribution in [3.63, 3.8) is 0 Å². The Labute approximate surface area is 141 Å². The van der Waals surface area contributed by atoms with Crippen LogP contribution in [0.15, 0.2) is 47.4 Å². The summed E-state index contributed by atoms with van der Waals surface area (Å²) in [4.78, 5) is 2.14. The summed E-state index contributed by atoms with van der Waals surface area (Å²) in [6.45, 7) is 4.45. The summed E-state index contributed by atoms with van der Waals surface area (Å²) in [7, 11) is -3.83. The first kappa shape index (κ1) is 16.7. The molecule has 0 aliphatic carbocycles. The smallest absolute Gasteiger partial charge is 0.261 e. The minimum absolute atomic E-state index is 0.0560. The lowest BCUT2D eigenvalue weighted by Crippen LogP contribution is -2.36. The highest BCUT2D eigenvalue weighted by Crippen LogP contribution is 2.26. The summed E-state index contributed by atoms with van der Waals surface area (Å²) in [5.74, 6) is -0.609. The van der Waals surface area contributed by atoms with Crippen molar-refractivity contribution in [3.05, 3.63) is 53.8 Å². The van der Waals surface area contributed by atoms with Crippen molar-refractivity contribution < 1.29 is 17.5 Å². The number of benzene rings is 2. The zero-order valence-corrected chi connectivity index (χ0v) is 14.1. The lowest BCUT2D eigenvalue weighted by molar-refractivity contribution is 0.122. The van der Waals surface area contributed by atoms with Crippen LogP contribution in [0.2, 0.25) is 0 Å². The number of anilines is 2. The first-order valence-corrected chi connectivity index (χ1v) is 9.16. The van der Waals surface area contributed by atoms with Crippen molar-refractivity contribution in [2.24, 2.45) is 0 Å². The maximum absolute atomic E-state index is 14.1. The van der Waals surface area contributed by atoms with E-state index in [2.05, 4.69) is 4.72 Å². The van der Waals surface area contributed by atoms with Crippen molar-refractivity contribution in [1.29, 1.82) is 0 Å². The second kappa shape index (κ2) is 6.78. The molecule has 5 nitrogen and oxygen atoms in total. The molecule has 0 atom stereocenters. The van der Waals surface area contributed by atoms with Gasteiger partial charge in [0.2, 0.25) is 0 Å². The Kier molecular flexibility index (Phi) is 4.73. The molecule has 128 valence electrons. The zero-order chi connectivity index (χ0) is 17.2. The summed E-state index contributed by atoms with van der Waals surface area (Å²) in [5.41, 5.74) is 1.66. The van der Waals surface area contributed by atoms with Crippen LogP contribution in [0.5, 0.6) is 0 Å². The molecule has 1 fully saturated rings. The number of hydrogen-bond donors (Lipinski definition) is 1. The summed E-state index contributed by atoms with van der Waals surface area (Å²) in [6, 6.07) is 10.8. The average Bonchev–Trinajstić information content (AvgIpc) is 2.58. The van der Waals surface area contributed by atoms with Crippen LogP contribution in [0.1, 0.15) is 5.56 Å². The molecule has 2 aromatic carbocycles. The molecule has 1 heterocycles. The maximum atomic E-state index is 14.1. The van der Waals surface area contributed by atoms with Crippen LogP contribution in [0.4, 0.5) is 15.8 Å². The number of halogens is 1. The average molecular weight is 350 g/mol. The van der Waals surface area contributed by atoms with Gasteiger partial charge in [-0.1, -0.05) is 17.7 Å². The number of nitrogens with one attached hydrogen (secondary N) is 1. The molecule has 1 N–H and O–H groups in total. The van der Waals surface area contributed by atoms with E-state index in [1.807, 2.05) is 11.8 Å². The Morgan fingerprint density at radius 2 is 1.75 bits per heavy atom. The van der Waals surface area contributed by atoms with Crippen LogP contribution < -0.4 is 9.62 Å². The Morgan fingerprint density at radius 3 is 2.42 bits per heavy atom. The largest absolute Gasteiger partial charge is 0.378 e. The van der Waals surface area contributed by atoms with Gasteiger partial charge in [-0.25, -0.2) is 12.8 Å². The molecule has 0 unspecified atom stereocenters. The third-order valence-corrected chi connectivity index (χ3v) is 5.28. The molecule has 0 bridgehead atoms. The van der Waals surface area contributed by atoms with Gasteiger partial charge in [-0.2, -0.15) is 0 Å². The SMILES string of the molecule is Cc1ccc(S(=O)(=O)Nc2cc(N3CCOCC3)ccc2F)cc1. The molecule has 0 saturated carbocycles. The lowest BCUT2D eigenvalue weighted by atomic mass is 10.2. The Bertz CT molecular complexity index is 816. The van der Waals surface area contributed by atoms with Crippen LogP contribution in [0, 0.1) is 12.7 Å². The normalized spacial score (nSPS) is 15.3. The van der Waals surface area contributed by atoms with Gasteiger partial charge in [0, 0.05) is 18.8 Å². The molecule has 0 spiro atoms. The minimum atomic E-state index is -3.83. The number of morpholine rings is 1. The van der Waals surface area contributed by atoms with Crippen molar-refractivity contribution >= 4 is 21.4 Å². The fourth-order valence-electron chi connectivity index (χ4n) is 2.53. The van der Waals surface area contributed by atoms with E-state index in [9.17, 15) is 12.8 Å². The molecular weight excluding hydrogens is 331 g/mol. The minimum Gasteiger partial charge on any atom is -0.378 e. The Morgan fingerprint density at radius 1 is 1.08 bits per heavy atom. The number of sulfonamides is 1. The molecule has 24 heavy (non-hydrogen) atoms. The summed E-state index contributed by atoms with van der Waals surface area (Å²) in [5, 5.41) is 0. The van der Waals surface area contributed by atoms with Crippen LogP contribution in [0.3, 0.4) is 0 Å². The van der Waals surface area contributed by atoms with Crippen LogP contribution >= 0.6 is 0 Å². The maximum Gasteiger partial charge on any atom is 0.261 e. The van der Waals surface area contributed by atoms with Crippen molar-refractivity contribution in [1.82, 2.24) is 0 Å². The number of nitrogens with zero attached hydrogens (tertiary/aromatic N) is 1. The summed E-state index contributed by atoms with van der Waals surface area (Å²) in [6.07, 6.45) is 0. The van der Waals surface area contributed by atoms with Gasteiger partial charge in [0.25, 0.3) is 10.0 Å². The van der Waals surface area contributed by atoms with E-state index in [4.69, 9.17) is 4.74 Å². The van der Waals surface area contributed by atoms with Gasteiger partial charge in [0.1, 0.15) is 5.82 Å². The molecule has 0 aromatic heterocycles. The molecule has 1 saturated heterocycles. The molecule has 2 aromatic rings. The monoisotopic (exact) mass is 350 g/mol. The third-order valence-electron chi connectivity index (χ3n) is 3.90. The van der Waals surface area contributed by atoms with Crippen LogP contribution in [-0.2, 0) is 14.8 Å². The van der Waals surface area contributed by atoms with Gasteiger partial charge in [0.15, 0.2) is 0 Å². The fraction of sp³-hybridized carbons (Fsp3) is 0.294. The molecular formula is C17H19FN2O3S. The van der Waals surface area contributed by atoms with E-state index in [-0.39, 0.29) is 10.6 Å². The molecule has 1 aliphatic rings. The molecule has 3 rings (SSSR count). The van der Waals surface area contributed by atoms with Gasteiger partial charge in [0.05, 0.1) is 23.8 Å². The molecule has 0 amide bonds. The molecule has 1 aliphatic heterocycles. The fourth-order valence-corrected chi connectivity index (χ4v) is 3.59. The van der Waals surface area contributed by atoms with E-state index in [0.29, 0.717) is 26.3 Å². The quantitative estimate of drug-likeness (QED) is 0.921. The number of aryl methyl sites for hydroxylation is 1. The topological polar surface area (TPSA) is 58.6 Å². The summed E-state index contributed by atoms with van der Waals surface area (Å²) < 4.78 is 46.6. The molecule has 7 heteroatoms. The van der Waals surface area contributed by atoms with E-state index in [0.717, 1.165) is 11.3 Å². The van der Waals surface area contributed by atoms with Gasteiger partial charge < -0.3 is 9.64 Å². The van der Waals surface area contributed by atoms with Gasteiger partial charge >= 0.3 is 0 Å². The van der Waals surface area contributed by atoms with E-state index in [1.165, 1.54) is 24.3 Å². The first-order valence-electron chi connectivity index (χ1n) is 7.67. The van der Waals surface area contributed by atoms with Gasteiger partial charge in [-0.15, -0.1) is 0 Å². The van der Waals surface area contributed by atoms with Crippen LogP contribution in [-0.4, -0.2) is 34.7 Å². The second-order valence-corrected chi connectivity index (χ2v) is 7.36. The van der Waals surface area contributed by atoms with Crippen molar-refractivity contribution in [2.45, 2.75) is 11.8 Å². The highest BCUT2D eigenvalue weighted by Gasteiger charge is 2.18. The van der Waals surface area contributed by atoms with E-state index >= 15 is 0 Å². The highest BCUT2D eigenvalue weighted by molar-refractivity contribution is 7.92. The third kappa shape index (κ3) is 3.68. The van der Waals surface area contributed by atoms with Crippen LogP contribution in [0.25, 0.3) is 0 Å². The summed E-state index contributed by atoms with van der Waals surface area (Å²) >= 11 is 0. The molecule has 0 radical (unpaired) electrons. The predicted molar refractivity (Wildman–Crippen MR) is 91.4 cm³/mol. The van der Waals surface area contributed by atoms with E-state index in [1.54, 1.807) is 18.2 Å². The van der Waals surface area contributed by atoms with E-state index < -0.39 is 15.8 Å². The zero-order valence-electron chi connectivity index (χ0n) is 13.3. The Balaban J connectivity index is 1.87. The standard InChI is InChI=1S/C17H19FN2O3S/c1-13-2-5-15(6-3-13)24(21,22)19-17-12-14(4-7-16(17)18)20-8-10-23-11-9-20/h2-7,12,19H,8-11H2,1H3. The predicted octanol–water partition coefficient (Wildman–Crippen LogP) is 2.77. The lowest BCUT2D eigenvalue weighted by Gasteiger charge is -2.29. The van der Waals surface area contributed by atoms with Crippen molar-refractivity contribution in [3.8, 4) is 0 Å². The second-order valence-electron chi connectivity index (χ2n) is 5.68. The Hall–Kier alpha value is -2.12. The highest BCUT2D eigenvalue weighted by atomic mass is 32.2.